The molecule has 0 aliphatic heterocycles. The molecule has 2 heterocycles. The molecule has 3 rings (SSSR count). The lowest BCUT2D eigenvalue weighted by atomic mass is 10.1. The fourth-order valence-corrected chi connectivity index (χ4v) is 2.66. The number of ketones is 1. The van der Waals surface area contributed by atoms with Crippen molar-refractivity contribution in [1.82, 2.24) is 15.2 Å². The van der Waals surface area contributed by atoms with E-state index in [-0.39, 0.29) is 0 Å². The van der Waals surface area contributed by atoms with Crippen molar-refractivity contribution in [2.45, 2.75) is 13.3 Å². The first-order valence-corrected chi connectivity index (χ1v) is 7.25. The normalized spacial score (nSPS) is 10.7. The van der Waals surface area contributed by atoms with Crippen molar-refractivity contribution in [3.63, 3.8) is 0 Å². The third kappa shape index (κ3) is 2.55. The topological polar surface area (TPSA) is 87.7 Å². The van der Waals surface area contributed by atoms with Gasteiger partial charge in [0.2, 0.25) is 5.13 Å². The molecule has 0 unspecified atom stereocenters. The van der Waals surface area contributed by atoms with Crippen LogP contribution in [0.15, 0.2) is 30.5 Å². The van der Waals surface area contributed by atoms with Crippen LogP contribution in [0.1, 0.15) is 22.3 Å². The van der Waals surface area contributed by atoms with Crippen LogP contribution in [0.3, 0.4) is 0 Å². The SMILES string of the molecule is CCc1nnc(NC(=O)C(=O)c2c[nH]c3ccccc23)s1. The third-order valence-corrected chi connectivity index (χ3v) is 4.01. The Kier molecular flexibility index (Phi) is 3.49. The zero-order valence-electron chi connectivity index (χ0n) is 11.2. The molecule has 0 radical (unpaired) electrons. The summed E-state index contributed by atoms with van der Waals surface area (Å²) in [7, 11) is 0. The second-order valence-corrected chi connectivity index (χ2v) is 5.45. The van der Waals surface area contributed by atoms with Gasteiger partial charge in [0.1, 0.15) is 5.01 Å². The van der Waals surface area contributed by atoms with Gasteiger partial charge in [0.15, 0.2) is 0 Å². The van der Waals surface area contributed by atoms with Crippen LogP contribution in [0.25, 0.3) is 10.9 Å². The van der Waals surface area contributed by atoms with Crippen LogP contribution >= 0.6 is 11.3 Å². The summed E-state index contributed by atoms with van der Waals surface area (Å²) in [5.41, 5.74) is 1.17. The van der Waals surface area contributed by atoms with E-state index in [4.69, 9.17) is 0 Å². The number of amides is 1. The molecule has 7 heteroatoms. The molecule has 6 nitrogen and oxygen atoms in total. The van der Waals surface area contributed by atoms with Gasteiger partial charge in [-0.25, -0.2) is 0 Å². The van der Waals surface area contributed by atoms with E-state index in [1.807, 2.05) is 25.1 Å². The van der Waals surface area contributed by atoms with Crippen molar-refractivity contribution < 1.29 is 9.59 Å². The molecule has 2 N–H and O–H groups in total. The van der Waals surface area contributed by atoms with Crippen molar-refractivity contribution in [3.8, 4) is 0 Å². The first kappa shape index (κ1) is 13.4. The van der Waals surface area contributed by atoms with Crippen molar-refractivity contribution in [3.05, 3.63) is 41.0 Å². The van der Waals surface area contributed by atoms with Gasteiger partial charge in [0.05, 0.1) is 5.56 Å². The highest BCUT2D eigenvalue weighted by Crippen LogP contribution is 2.20. The summed E-state index contributed by atoms with van der Waals surface area (Å²) in [5, 5.41) is 12.1. The Morgan fingerprint density at radius 3 is 2.86 bits per heavy atom. The van der Waals surface area contributed by atoms with E-state index >= 15 is 0 Å². The van der Waals surface area contributed by atoms with Gasteiger partial charge >= 0.3 is 0 Å². The van der Waals surface area contributed by atoms with E-state index in [1.54, 1.807) is 12.3 Å². The summed E-state index contributed by atoms with van der Waals surface area (Å²) >= 11 is 1.27. The Bertz CT molecular complexity index is 821. The molecule has 106 valence electrons. The van der Waals surface area contributed by atoms with E-state index in [0.29, 0.717) is 10.7 Å². The molecule has 0 fully saturated rings. The van der Waals surface area contributed by atoms with E-state index < -0.39 is 11.7 Å². The van der Waals surface area contributed by atoms with Gasteiger partial charge in [0, 0.05) is 17.1 Å². The Labute approximate surface area is 124 Å². The van der Waals surface area contributed by atoms with E-state index in [9.17, 15) is 9.59 Å². The van der Waals surface area contributed by atoms with Gasteiger partial charge in [0.25, 0.3) is 11.7 Å². The molecular weight excluding hydrogens is 288 g/mol. The molecule has 0 saturated carbocycles. The number of hydrogen-bond donors (Lipinski definition) is 2. The van der Waals surface area contributed by atoms with Crippen LogP contribution in [0.5, 0.6) is 0 Å². The lowest BCUT2D eigenvalue weighted by molar-refractivity contribution is -0.112. The lowest BCUT2D eigenvalue weighted by Crippen LogP contribution is -2.22. The minimum atomic E-state index is -0.710. The average molecular weight is 300 g/mol. The van der Waals surface area contributed by atoms with Crippen molar-refractivity contribution >= 4 is 39.1 Å². The van der Waals surface area contributed by atoms with Gasteiger partial charge in [-0.1, -0.05) is 36.5 Å². The largest absolute Gasteiger partial charge is 0.360 e. The minimum absolute atomic E-state index is 0.338. The maximum absolute atomic E-state index is 12.2. The zero-order valence-corrected chi connectivity index (χ0v) is 12.0. The number of hydrogen-bond acceptors (Lipinski definition) is 5. The van der Waals surface area contributed by atoms with Crippen LogP contribution in [0.2, 0.25) is 0 Å². The number of carbonyl (C=O) groups excluding carboxylic acids is 2. The lowest BCUT2D eigenvalue weighted by Gasteiger charge is -1.99. The molecule has 0 spiro atoms. The third-order valence-electron chi connectivity index (χ3n) is 3.03. The summed E-state index contributed by atoms with van der Waals surface area (Å²) in [6.45, 7) is 1.95. The highest BCUT2D eigenvalue weighted by Gasteiger charge is 2.21. The highest BCUT2D eigenvalue weighted by molar-refractivity contribution is 7.15. The number of H-pyrrole nitrogens is 1. The maximum Gasteiger partial charge on any atom is 0.298 e. The number of rotatable bonds is 4. The number of aromatic amines is 1. The number of benzene rings is 1. The van der Waals surface area contributed by atoms with Crippen LogP contribution in [-0.2, 0) is 11.2 Å². The van der Waals surface area contributed by atoms with E-state index in [2.05, 4.69) is 20.5 Å². The molecule has 21 heavy (non-hydrogen) atoms. The number of aromatic nitrogens is 3. The number of anilines is 1. The number of carbonyl (C=O) groups is 2. The molecule has 0 saturated heterocycles. The first-order chi connectivity index (χ1) is 10.2. The summed E-state index contributed by atoms with van der Waals surface area (Å²) in [6.07, 6.45) is 2.29. The first-order valence-electron chi connectivity index (χ1n) is 6.43. The van der Waals surface area contributed by atoms with Crippen LogP contribution < -0.4 is 5.32 Å². The summed E-state index contributed by atoms with van der Waals surface area (Å²) in [4.78, 5) is 27.2. The maximum atomic E-state index is 12.2. The fraction of sp³-hybridized carbons (Fsp3) is 0.143. The second-order valence-electron chi connectivity index (χ2n) is 4.39. The van der Waals surface area contributed by atoms with E-state index in [1.165, 1.54) is 11.3 Å². The minimum Gasteiger partial charge on any atom is -0.360 e. The van der Waals surface area contributed by atoms with Crippen molar-refractivity contribution in [2.24, 2.45) is 0 Å². The molecule has 1 aromatic carbocycles. The Hall–Kier alpha value is -2.54. The van der Waals surface area contributed by atoms with Crippen LogP contribution in [0.4, 0.5) is 5.13 Å². The zero-order chi connectivity index (χ0) is 14.8. The van der Waals surface area contributed by atoms with Gasteiger partial charge in [-0.15, -0.1) is 10.2 Å². The number of Topliss-reactive ketones (excluding diaryl/α,β-unsaturated/α-hetero) is 1. The molecule has 1 amide bonds. The Balaban J connectivity index is 1.82. The Morgan fingerprint density at radius 1 is 1.29 bits per heavy atom. The van der Waals surface area contributed by atoms with Crippen LogP contribution in [0, 0.1) is 0 Å². The average Bonchev–Trinajstić information content (AvgIpc) is 3.12. The molecule has 0 aliphatic rings. The highest BCUT2D eigenvalue weighted by atomic mass is 32.1. The monoisotopic (exact) mass is 300 g/mol. The summed E-state index contributed by atoms with van der Waals surface area (Å²) in [6, 6.07) is 7.33. The molecule has 3 aromatic rings. The van der Waals surface area contributed by atoms with Crippen molar-refractivity contribution in [1.29, 1.82) is 0 Å². The predicted molar refractivity (Wildman–Crippen MR) is 80.5 cm³/mol. The Morgan fingerprint density at radius 2 is 2.10 bits per heavy atom. The summed E-state index contributed by atoms with van der Waals surface area (Å²) < 4.78 is 0. The number of nitrogens with zero attached hydrogens (tertiary/aromatic N) is 2. The standard InChI is InChI=1S/C14H12N4O2S/c1-2-11-17-18-14(21-11)16-13(20)12(19)9-7-15-10-6-4-3-5-8(9)10/h3-7,15H,2H2,1H3,(H,16,18,20). The molecule has 0 bridgehead atoms. The van der Waals surface area contributed by atoms with Gasteiger partial charge < -0.3 is 4.98 Å². The summed E-state index contributed by atoms with van der Waals surface area (Å²) in [5.74, 6) is -1.31. The van der Waals surface area contributed by atoms with Gasteiger partial charge in [-0.2, -0.15) is 0 Å². The van der Waals surface area contributed by atoms with Gasteiger partial charge in [-0.05, 0) is 12.5 Å². The smallest absolute Gasteiger partial charge is 0.298 e. The fourth-order valence-electron chi connectivity index (χ4n) is 1.98. The van der Waals surface area contributed by atoms with Crippen LogP contribution in [-0.4, -0.2) is 26.9 Å². The number of nitrogens with one attached hydrogen (secondary N) is 2. The predicted octanol–water partition coefficient (Wildman–Crippen LogP) is 2.40. The molecule has 0 aliphatic carbocycles. The molecule has 0 atom stereocenters. The number of aryl methyl sites for hydroxylation is 1. The second kappa shape index (κ2) is 5.45. The number of fused-ring (bicyclic) bond motifs is 1. The number of para-hydroxylation sites is 1. The van der Waals surface area contributed by atoms with Crippen molar-refractivity contribution in [2.75, 3.05) is 5.32 Å². The quantitative estimate of drug-likeness (QED) is 0.572. The molecular formula is C14H12N4O2S. The van der Waals surface area contributed by atoms with Gasteiger partial charge in [-0.3, -0.25) is 14.9 Å². The van der Waals surface area contributed by atoms with E-state index in [0.717, 1.165) is 22.3 Å². The molecule has 2 aromatic heterocycles.